The second-order valence-corrected chi connectivity index (χ2v) is 4.72. The Labute approximate surface area is 123 Å². The van der Waals surface area contributed by atoms with E-state index in [0.29, 0.717) is 24.3 Å². The first kappa shape index (κ1) is 15.0. The third-order valence-electron chi connectivity index (χ3n) is 3.22. The van der Waals surface area contributed by atoms with E-state index in [4.69, 9.17) is 4.74 Å². The number of aldehydes is 1. The van der Waals surface area contributed by atoms with E-state index < -0.39 is 0 Å². The van der Waals surface area contributed by atoms with Crippen molar-refractivity contribution in [3.8, 4) is 17.0 Å². The molecule has 0 bridgehead atoms. The van der Waals surface area contributed by atoms with Crippen LogP contribution in [0.15, 0.2) is 35.1 Å². The number of ether oxygens (including phenoxy) is 1. The number of carbonyl (C=O) groups is 1. The van der Waals surface area contributed by atoms with E-state index in [9.17, 15) is 9.59 Å². The number of hydrogen-bond donors (Lipinski definition) is 0. The molecule has 5 heteroatoms. The van der Waals surface area contributed by atoms with E-state index in [2.05, 4.69) is 5.10 Å². The quantitative estimate of drug-likeness (QED) is 0.766. The number of hydrogen-bond acceptors (Lipinski definition) is 4. The molecule has 5 nitrogen and oxygen atoms in total. The third-order valence-corrected chi connectivity index (χ3v) is 3.22. The average Bonchev–Trinajstić information content (AvgIpc) is 2.54. The van der Waals surface area contributed by atoms with E-state index in [1.54, 1.807) is 7.11 Å². The molecule has 0 spiro atoms. The van der Waals surface area contributed by atoms with Crippen molar-refractivity contribution < 1.29 is 9.53 Å². The summed E-state index contributed by atoms with van der Waals surface area (Å²) in [5, 5.41) is 4.35. The summed E-state index contributed by atoms with van der Waals surface area (Å²) in [6.07, 6.45) is 2.37. The zero-order chi connectivity index (χ0) is 15.2. The average molecular weight is 286 g/mol. The van der Waals surface area contributed by atoms with E-state index >= 15 is 0 Å². The predicted octanol–water partition coefficient (Wildman–Crippen LogP) is 2.53. The number of aryl methyl sites for hydroxylation is 1. The summed E-state index contributed by atoms with van der Waals surface area (Å²) in [4.78, 5) is 23.2. The highest BCUT2D eigenvalue weighted by atomic mass is 16.5. The molecule has 1 aromatic carbocycles. The van der Waals surface area contributed by atoms with Crippen LogP contribution in [0.25, 0.3) is 11.3 Å². The summed E-state index contributed by atoms with van der Waals surface area (Å²) in [5.74, 6) is 0.702. The fourth-order valence-corrected chi connectivity index (χ4v) is 2.03. The molecule has 0 saturated carbocycles. The van der Waals surface area contributed by atoms with E-state index in [-0.39, 0.29) is 11.1 Å². The number of aromatic nitrogens is 2. The van der Waals surface area contributed by atoms with Crippen molar-refractivity contribution in [3.05, 3.63) is 46.2 Å². The van der Waals surface area contributed by atoms with Crippen LogP contribution >= 0.6 is 0 Å². The highest BCUT2D eigenvalue weighted by Crippen LogP contribution is 2.21. The molecule has 0 aliphatic heterocycles. The molecule has 0 radical (unpaired) electrons. The fraction of sp³-hybridized carbons (Fsp3) is 0.312. The van der Waals surface area contributed by atoms with Gasteiger partial charge in [-0.3, -0.25) is 9.59 Å². The normalized spacial score (nSPS) is 10.4. The summed E-state index contributed by atoms with van der Waals surface area (Å²) in [6, 6.07) is 8.89. The third kappa shape index (κ3) is 3.37. The molecule has 110 valence electrons. The minimum Gasteiger partial charge on any atom is -0.497 e. The Morgan fingerprint density at radius 3 is 2.81 bits per heavy atom. The van der Waals surface area contributed by atoms with Crippen LogP contribution in [0.3, 0.4) is 0 Å². The lowest BCUT2D eigenvalue weighted by atomic mass is 10.1. The van der Waals surface area contributed by atoms with Gasteiger partial charge in [0, 0.05) is 12.1 Å². The van der Waals surface area contributed by atoms with Gasteiger partial charge in [-0.2, -0.15) is 5.10 Å². The van der Waals surface area contributed by atoms with Crippen LogP contribution in [0.1, 0.15) is 30.1 Å². The Balaban J connectivity index is 2.52. The van der Waals surface area contributed by atoms with Crippen LogP contribution in [0, 0.1) is 0 Å². The number of carbonyl (C=O) groups excluding carboxylic acids is 1. The molecule has 2 aromatic rings. The predicted molar refractivity (Wildman–Crippen MR) is 80.8 cm³/mol. The molecule has 0 atom stereocenters. The first-order valence-corrected chi connectivity index (χ1v) is 6.91. The standard InChI is InChI=1S/C16H18N2O3/c1-3-4-8-18-16(20)13(11-19)10-15(17-18)12-6-5-7-14(9-12)21-2/h5-7,9-11H,3-4,8H2,1-2H3. The maximum absolute atomic E-state index is 12.1. The van der Waals surface area contributed by atoms with Crippen molar-refractivity contribution >= 4 is 6.29 Å². The Kier molecular flexibility index (Phi) is 4.87. The molecule has 0 saturated heterocycles. The molecular formula is C16H18N2O3. The summed E-state index contributed by atoms with van der Waals surface area (Å²) < 4.78 is 6.55. The number of methoxy groups -OCH3 is 1. The molecule has 0 fully saturated rings. The summed E-state index contributed by atoms with van der Waals surface area (Å²) in [7, 11) is 1.59. The van der Waals surface area contributed by atoms with E-state index in [0.717, 1.165) is 18.4 Å². The van der Waals surface area contributed by atoms with Gasteiger partial charge < -0.3 is 4.74 Å². The van der Waals surface area contributed by atoms with Crippen LogP contribution in [0.2, 0.25) is 0 Å². The Morgan fingerprint density at radius 2 is 2.14 bits per heavy atom. The van der Waals surface area contributed by atoms with Crippen LogP contribution in [0.5, 0.6) is 5.75 Å². The topological polar surface area (TPSA) is 61.2 Å². The molecule has 21 heavy (non-hydrogen) atoms. The molecule has 0 aliphatic rings. The van der Waals surface area contributed by atoms with Gasteiger partial charge in [-0.1, -0.05) is 25.5 Å². The maximum atomic E-state index is 12.1. The molecule has 0 N–H and O–H groups in total. The number of unbranched alkanes of at least 4 members (excludes halogenated alkanes) is 1. The maximum Gasteiger partial charge on any atom is 0.277 e. The molecule has 0 unspecified atom stereocenters. The van der Waals surface area contributed by atoms with Gasteiger partial charge in [0.15, 0.2) is 6.29 Å². The molecule has 1 heterocycles. The van der Waals surface area contributed by atoms with Gasteiger partial charge >= 0.3 is 0 Å². The van der Waals surface area contributed by atoms with Crippen molar-refractivity contribution in [2.24, 2.45) is 0 Å². The van der Waals surface area contributed by atoms with Crippen molar-refractivity contribution in [2.45, 2.75) is 26.3 Å². The van der Waals surface area contributed by atoms with Crippen LogP contribution in [-0.2, 0) is 6.54 Å². The van der Waals surface area contributed by atoms with Gasteiger partial charge in [0.2, 0.25) is 0 Å². The molecule has 2 rings (SSSR count). The molecule has 0 aliphatic carbocycles. The van der Waals surface area contributed by atoms with Gasteiger partial charge in [-0.25, -0.2) is 4.68 Å². The Bertz CT molecular complexity index is 692. The van der Waals surface area contributed by atoms with Crippen LogP contribution in [-0.4, -0.2) is 23.2 Å². The molecule has 1 aromatic heterocycles. The van der Waals surface area contributed by atoms with Crippen LogP contribution < -0.4 is 10.3 Å². The second kappa shape index (κ2) is 6.83. The van der Waals surface area contributed by atoms with Crippen molar-refractivity contribution in [2.75, 3.05) is 7.11 Å². The highest BCUT2D eigenvalue weighted by Gasteiger charge is 2.10. The molecular weight excluding hydrogens is 268 g/mol. The van der Waals surface area contributed by atoms with Gasteiger partial charge in [0.25, 0.3) is 5.56 Å². The fourth-order valence-electron chi connectivity index (χ4n) is 2.03. The molecule has 0 amide bonds. The van der Waals surface area contributed by atoms with Gasteiger partial charge in [0.1, 0.15) is 5.75 Å². The first-order valence-electron chi connectivity index (χ1n) is 6.91. The van der Waals surface area contributed by atoms with E-state index in [1.807, 2.05) is 31.2 Å². The lowest BCUT2D eigenvalue weighted by Gasteiger charge is -2.09. The first-order chi connectivity index (χ1) is 10.2. The monoisotopic (exact) mass is 286 g/mol. The second-order valence-electron chi connectivity index (χ2n) is 4.72. The smallest absolute Gasteiger partial charge is 0.277 e. The Morgan fingerprint density at radius 1 is 1.33 bits per heavy atom. The highest BCUT2D eigenvalue weighted by molar-refractivity contribution is 5.77. The van der Waals surface area contributed by atoms with Gasteiger partial charge in [0.05, 0.1) is 18.4 Å². The summed E-state index contributed by atoms with van der Waals surface area (Å²) >= 11 is 0. The SMILES string of the molecule is CCCCn1nc(-c2cccc(OC)c2)cc(C=O)c1=O. The largest absolute Gasteiger partial charge is 0.497 e. The zero-order valence-corrected chi connectivity index (χ0v) is 12.2. The van der Waals surface area contributed by atoms with Crippen molar-refractivity contribution in [1.82, 2.24) is 9.78 Å². The van der Waals surface area contributed by atoms with Crippen molar-refractivity contribution in [1.29, 1.82) is 0 Å². The minimum atomic E-state index is -0.343. The summed E-state index contributed by atoms with van der Waals surface area (Å²) in [6.45, 7) is 2.55. The van der Waals surface area contributed by atoms with Crippen molar-refractivity contribution in [3.63, 3.8) is 0 Å². The van der Waals surface area contributed by atoms with E-state index in [1.165, 1.54) is 10.7 Å². The van der Waals surface area contributed by atoms with Gasteiger partial charge in [-0.05, 0) is 24.6 Å². The zero-order valence-electron chi connectivity index (χ0n) is 12.2. The lowest BCUT2D eigenvalue weighted by molar-refractivity contribution is 0.112. The number of nitrogens with zero attached hydrogens (tertiary/aromatic N) is 2. The number of benzene rings is 1. The number of rotatable bonds is 6. The lowest BCUT2D eigenvalue weighted by Crippen LogP contribution is -2.26. The Hall–Kier alpha value is -2.43. The minimum absolute atomic E-state index is 0.124. The van der Waals surface area contributed by atoms with Crippen LogP contribution in [0.4, 0.5) is 0 Å². The van der Waals surface area contributed by atoms with Gasteiger partial charge in [-0.15, -0.1) is 0 Å². The summed E-state index contributed by atoms with van der Waals surface area (Å²) in [5.41, 5.74) is 1.18.